The molecule has 230 valence electrons. The van der Waals surface area contributed by atoms with Crippen LogP contribution in [-0.2, 0) is 6.42 Å². The summed E-state index contributed by atoms with van der Waals surface area (Å²) in [7, 11) is 1.64. The maximum absolute atomic E-state index is 15.0. The van der Waals surface area contributed by atoms with Gasteiger partial charge in [-0.25, -0.2) is 14.1 Å². The fourth-order valence-electron chi connectivity index (χ4n) is 6.41. The van der Waals surface area contributed by atoms with Crippen LogP contribution in [0.4, 0.5) is 4.39 Å². The van der Waals surface area contributed by atoms with Crippen molar-refractivity contribution in [1.82, 2.24) is 19.3 Å². The van der Waals surface area contributed by atoms with Gasteiger partial charge >= 0.3 is 0 Å². The lowest BCUT2D eigenvalue weighted by molar-refractivity contribution is 0.414. The molecular formula is C39H35FN4O2. The number of halogens is 1. The van der Waals surface area contributed by atoms with Crippen molar-refractivity contribution in [3.63, 3.8) is 0 Å². The Labute approximate surface area is 267 Å². The second kappa shape index (κ2) is 12.2. The molecule has 7 aromatic rings. The lowest BCUT2D eigenvalue weighted by atomic mass is 9.94. The Hall–Kier alpha value is -5.43. The Morgan fingerprint density at radius 1 is 0.804 bits per heavy atom. The van der Waals surface area contributed by atoms with E-state index in [-0.39, 0.29) is 0 Å². The predicted octanol–water partition coefficient (Wildman–Crippen LogP) is 9.93. The van der Waals surface area contributed by atoms with Crippen LogP contribution in [0.2, 0.25) is 0 Å². The number of para-hydroxylation sites is 1. The number of methoxy groups -OCH3 is 1. The van der Waals surface area contributed by atoms with E-state index in [9.17, 15) is 0 Å². The Bertz CT molecular complexity index is 2190. The van der Waals surface area contributed by atoms with Gasteiger partial charge in [0, 0.05) is 53.0 Å². The van der Waals surface area contributed by atoms with Crippen molar-refractivity contribution in [1.29, 1.82) is 0 Å². The lowest BCUT2D eigenvalue weighted by Crippen LogP contribution is -1.98. The quantitative estimate of drug-likeness (QED) is 0.163. The third kappa shape index (κ3) is 5.49. The van der Waals surface area contributed by atoms with Crippen LogP contribution < -0.4 is 9.47 Å². The molecule has 0 saturated carbocycles. The summed E-state index contributed by atoms with van der Waals surface area (Å²) in [5, 5.41) is 6.76. The van der Waals surface area contributed by atoms with E-state index in [1.165, 1.54) is 41.7 Å². The number of fused-ring (bicyclic) bond motifs is 3. The number of nitrogens with zero attached hydrogens (tertiary/aromatic N) is 4. The monoisotopic (exact) mass is 610 g/mol. The molecule has 0 N–H and O–H groups in total. The van der Waals surface area contributed by atoms with Crippen LogP contribution >= 0.6 is 0 Å². The van der Waals surface area contributed by atoms with Gasteiger partial charge in [-0.1, -0.05) is 43.7 Å². The molecule has 0 unspecified atom stereocenters. The average molecular weight is 611 g/mol. The maximum Gasteiger partial charge on any atom is 0.141 e. The second-order valence-electron chi connectivity index (χ2n) is 11.7. The van der Waals surface area contributed by atoms with Gasteiger partial charge in [0.1, 0.15) is 28.9 Å². The minimum atomic E-state index is -0.409. The molecule has 0 radical (unpaired) electrons. The molecular weight excluding hydrogens is 575 g/mol. The number of rotatable bonds is 9. The highest BCUT2D eigenvalue weighted by atomic mass is 19.1. The van der Waals surface area contributed by atoms with E-state index >= 15 is 4.39 Å². The summed E-state index contributed by atoms with van der Waals surface area (Å²) < 4.78 is 30.6. The van der Waals surface area contributed by atoms with E-state index in [0.717, 1.165) is 45.2 Å². The summed E-state index contributed by atoms with van der Waals surface area (Å²) in [6.45, 7) is 6.50. The van der Waals surface area contributed by atoms with Crippen LogP contribution in [0.25, 0.3) is 44.4 Å². The van der Waals surface area contributed by atoms with Crippen LogP contribution in [0.1, 0.15) is 36.5 Å². The average Bonchev–Trinajstić information content (AvgIpc) is 3.66. The van der Waals surface area contributed by atoms with Crippen molar-refractivity contribution in [3.05, 3.63) is 126 Å². The molecule has 4 aromatic carbocycles. The van der Waals surface area contributed by atoms with Gasteiger partial charge in [-0.3, -0.25) is 4.57 Å². The second-order valence-corrected chi connectivity index (χ2v) is 11.7. The van der Waals surface area contributed by atoms with Crippen LogP contribution in [0, 0.1) is 19.7 Å². The van der Waals surface area contributed by atoms with Crippen molar-refractivity contribution < 1.29 is 13.9 Å². The topological polar surface area (TPSA) is 54.1 Å². The number of hydrogen-bond acceptors (Lipinski definition) is 4. The maximum atomic E-state index is 15.0. The molecule has 0 amide bonds. The highest BCUT2D eigenvalue weighted by Crippen LogP contribution is 2.36. The van der Waals surface area contributed by atoms with E-state index in [2.05, 4.69) is 59.7 Å². The fraction of sp³-hybridized carbons (Fsp3) is 0.179. The van der Waals surface area contributed by atoms with Gasteiger partial charge < -0.3 is 9.47 Å². The summed E-state index contributed by atoms with van der Waals surface area (Å²) in [5.74, 6) is 1.98. The normalized spacial score (nSPS) is 11.4. The number of aryl methyl sites for hydroxylation is 3. The van der Waals surface area contributed by atoms with Crippen LogP contribution in [0.15, 0.2) is 104 Å². The smallest absolute Gasteiger partial charge is 0.141 e. The standard InChI is InChI=1S/C39H35FN4O2/c1-5-6-9-27-16-25(2)39(26(3)17-27)28-23-42-43(24-28)30-18-29(40)19-33(20-30)46-32-12-13-35-34-10-7-8-11-36(34)44(37(35)21-32)38-22-31(45-4)14-15-41-38/h7-8,10-24H,5-6,9H2,1-4H3. The van der Waals surface area contributed by atoms with Gasteiger partial charge in [-0.2, -0.15) is 5.10 Å². The molecule has 7 rings (SSSR count). The first-order chi connectivity index (χ1) is 22.4. The van der Waals surface area contributed by atoms with Crippen LogP contribution in [0.5, 0.6) is 17.2 Å². The molecule has 0 fully saturated rings. The van der Waals surface area contributed by atoms with Gasteiger partial charge in [0.25, 0.3) is 0 Å². The van der Waals surface area contributed by atoms with E-state index in [1.807, 2.05) is 54.9 Å². The summed E-state index contributed by atoms with van der Waals surface area (Å²) in [6, 6.07) is 27.0. The first-order valence-electron chi connectivity index (χ1n) is 15.6. The summed E-state index contributed by atoms with van der Waals surface area (Å²) in [4.78, 5) is 4.63. The van der Waals surface area contributed by atoms with E-state index < -0.39 is 5.82 Å². The molecule has 46 heavy (non-hydrogen) atoms. The zero-order valence-corrected chi connectivity index (χ0v) is 26.4. The predicted molar refractivity (Wildman–Crippen MR) is 182 cm³/mol. The third-order valence-corrected chi connectivity index (χ3v) is 8.47. The molecule has 0 saturated heterocycles. The van der Waals surface area contributed by atoms with Crippen molar-refractivity contribution >= 4 is 21.8 Å². The number of aromatic nitrogens is 4. The molecule has 0 aliphatic carbocycles. The molecule has 3 aromatic heterocycles. The number of hydrogen-bond donors (Lipinski definition) is 0. The highest BCUT2D eigenvalue weighted by molar-refractivity contribution is 6.09. The Balaban J connectivity index is 1.23. The number of ether oxygens (including phenoxy) is 2. The molecule has 7 heteroatoms. The Morgan fingerprint density at radius 2 is 1.61 bits per heavy atom. The molecule has 0 atom stereocenters. The minimum Gasteiger partial charge on any atom is -0.497 e. The third-order valence-electron chi connectivity index (χ3n) is 8.47. The van der Waals surface area contributed by atoms with Crippen LogP contribution in [-0.4, -0.2) is 26.4 Å². The van der Waals surface area contributed by atoms with Crippen molar-refractivity contribution in [2.45, 2.75) is 40.0 Å². The Kier molecular flexibility index (Phi) is 7.74. The van der Waals surface area contributed by atoms with Gasteiger partial charge in [-0.05, 0) is 79.3 Å². The fourth-order valence-corrected chi connectivity index (χ4v) is 6.41. The molecule has 0 spiro atoms. The van der Waals surface area contributed by atoms with E-state index in [0.29, 0.717) is 22.9 Å². The van der Waals surface area contributed by atoms with Crippen molar-refractivity contribution in [2.75, 3.05) is 7.11 Å². The number of benzene rings is 4. The summed E-state index contributed by atoms with van der Waals surface area (Å²) >= 11 is 0. The summed E-state index contributed by atoms with van der Waals surface area (Å²) in [5.41, 5.74) is 8.45. The molecule has 0 bridgehead atoms. The van der Waals surface area contributed by atoms with Gasteiger partial charge in [0.05, 0.1) is 30.0 Å². The van der Waals surface area contributed by atoms with E-state index in [4.69, 9.17) is 9.47 Å². The summed E-state index contributed by atoms with van der Waals surface area (Å²) in [6.07, 6.45) is 8.95. The largest absolute Gasteiger partial charge is 0.497 e. The molecule has 3 heterocycles. The van der Waals surface area contributed by atoms with Crippen molar-refractivity contribution in [3.8, 4) is 39.9 Å². The highest BCUT2D eigenvalue weighted by Gasteiger charge is 2.16. The minimum absolute atomic E-state index is 0.376. The first-order valence-corrected chi connectivity index (χ1v) is 15.6. The molecule has 0 aliphatic heterocycles. The molecule has 0 aliphatic rings. The van der Waals surface area contributed by atoms with Gasteiger partial charge in [0.2, 0.25) is 0 Å². The number of pyridine rings is 1. The van der Waals surface area contributed by atoms with Crippen molar-refractivity contribution in [2.24, 2.45) is 0 Å². The molecule has 6 nitrogen and oxygen atoms in total. The SMILES string of the molecule is CCCCc1cc(C)c(-c2cnn(-c3cc(F)cc(Oc4ccc5c6ccccc6n(-c6cc(OC)ccn6)c5c4)c3)c2)c(C)c1. The number of unbranched alkanes of at least 4 members (excludes halogenated alkanes) is 1. The zero-order valence-electron chi connectivity index (χ0n) is 26.4. The zero-order chi connectivity index (χ0) is 31.8. The van der Waals surface area contributed by atoms with E-state index in [1.54, 1.807) is 24.1 Å². The van der Waals surface area contributed by atoms with Crippen LogP contribution in [0.3, 0.4) is 0 Å². The van der Waals surface area contributed by atoms with Gasteiger partial charge in [-0.15, -0.1) is 0 Å². The first kappa shape index (κ1) is 29.3. The van der Waals surface area contributed by atoms with Gasteiger partial charge in [0.15, 0.2) is 0 Å². The Morgan fingerprint density at radius 3 is 2.41 bits per heavy atom. The lowest BCUT2D eigenvalue weighted by Gasteiger charge is -2.12.